The molecule has 0 saturated carbocycles. The summed E-state index contributed by atoms with van der Waals surface area (Å²) in [5, 5.41) is 11.6. The second-order valence-electron chi connectivity index (χ2n) is 4.62. The first kappa shape index (κ1) is 10.3. The lowest BCUT2D eigenvalue weighted by molar-refractivity contribution is -0.592. The highest BCUT2D eigenvalue weighted by molar-refractivity contribution is 5.34. The first-order chi connectivity index (χ1) is 7.18. The molecular weight excluding hydrogens is 188 g/mol. The predicted molar refractivity (Wildman–Crippen MR) is 60.6 cm³/mol. The summed E-state index contributed by atoms with van der Waals surface area (Å²) in [6.45, 7) is 6.54. The zero-order valence-corrected chi connectivity index (χ0v) is 9.39. The Morgan fingerprint density at radius 2 is 2.27 bits per heavy atom. The second-order valence-corrected chi connectivity index (χ2v) is 4.62. The van der Waals surface area contributed by atoms with Gasteiger partial charge in [0.15, 0.2) is 0 Å². The van der Waals surface area contributed by atoms with Crippen molar-refractivity contribution < 1.29 is 4.73 Å². The molecule has 0 aromatic carbocycles. The van der Waals surface area contributed by atoms with Crippen molar-refractivity contribution >= 4 is 5.82 Å². The van der Waals surface area contributed by atoms with Crippen LogP contribution in [0, 0.1) is 17.0 Å². The standard InChI is InChI=1S/C12H18N2O/c1-10(2)11-6-8-13(9-11)12-5-3-4-7-14(12)15/h3-5,7,10-11H,6,8-9H2,1-2H3/t11-/m0/s1. The molecule has 0 aliphatic carbocycles. The number of rotatable bonds is 2. The molecule has 1 saturated heterocycles. The van der Waals surface area contributed by atoms with Crippen LogP contribution in [0.2, 0.25) is 0 Å². The summed E-state index contributed by atoms with van der Waals surface area (Å²) in [5.74, 6) is 2.23. The van der Waals surface area contributed by atoms with Crippen LogP contribution in [0.4, 0.5) is 5.82 Å². The number of pyridine rings is 1. The van der Waals surface area contributed by atoms with E-state index in [1.54, 1.807) is 12.3 Å². The highest BCUT2D eigenvalue weighted by Gasteiger charge is 2.30. The molecule has 0 N–H and O–H groups in total. The van der Waals surface area contributed by atoms with Crippen molar-refractivity contribution in [2.45, 2.75) is 20.3 Å². The molecule has 3 nitrogen and oxygen atoms in total. The molecule has 1 aromatic heterocycles. The number of hydrogen-bond donors (Lipinski definition) is 0. The van der Waals surface area contributed by atoms with Gasteiger partial charge in [0.05, 0.1) is 19.3 Å². The van der Waals surface area contributed by atoms with Crippen molar-refractivity contribution in [3.05, 3.63) is 29.6 Å². The van der Waals surface area contributed by atoms with Gasteiger partial charge in [-0.05, 0) is 18.4 Å². The average molecular weight is 206 g/mol. The van der Waals surface area contributed by atoms with Gasteiger partial charge < -0.3 is 5.21 Å². The summed E-state index contributed by atoms with van der Waals surface area (Å²) >= 11 is 0. The Kier molecular flexibility index (Phi) is 2.80. The fraction of sp³-hybridized carbons (Fsp3) is 0.583. The number of anilines is 1. The van der Waals surface area contributed by atoms with Crippen molar-refractivity contribution in [3.63, 3.8) is 0 Å². The van der Waals surface area contributed by atoms with Crippen LogP contribution in [0.3, 0.4) is 0 Å². The lowest BCUT2D eigenvalue weighted by atomic mass is 9.95. The van der Waals surface area contributed by atoms with Gasteiger partial charge in [-0.15, -0.1) is 0 Å². The summed E-state index contributed by atoms with van der Waals surface area (Å²) < 4.78 is 0.961. The van der Waals surface area contributed by atoms with Gasteiger partial charge in [-0.3, -0.25) is 4.90 Å². The minimum absolute atomic E-state index is 0.707. The zero-order chi connectivity index (χ0) is 10.8. The Balaban J connectivity index is 2.11. The molecule has 1 atom stereocenters. The summed E-state index contributed by atoms with van der Waals surface area (Å²) in [6.07, 6.45) is 2.77. The van der Waals surface area contributed by atoms with Gasteiger partial charge in [-0.1, -0.05) is 19.9 Å². The molecule has 2 rings (SSSR count). The van der Waals surface area contributed by atoms with E-state index in [-0.39, 0.29) is 0 Å². The molecule has 3 heteroatoms. The van der Waals surface area contributed by atoms with Gasteiger partial charge in [0.1, 0.15) is 0 Å². The van der Waals surface area contributed by atoms with Crippen LogP contribution in [0.5, 0.6) is 0 Å². The van der Waals surface area contributed by atoms with E-state index in [1.807, 2.05) is 12.1 Å². The molecule has 1 aliphatic rings. The molecule has 2 heterocycles. The SMILES string of the molecule is CC(C)[C@H]1CCN(c2cccc[n+]2[O-])C1. The largest absolute Gasteiger partial charge is 0.711 e. The molecule has 82 valence electrons. The lowest BCUT2D eigenvalue weighted by Crippen LogP contribution is -2.36. The third-order valence-electron chi connectivity index (χ3n) is 3.30. The van der Waals surface area contributed by atoms with Crippen molar-refractivity contribution in [2.75, 3.05) is 18.0 Å². The van der Waals surface area contributed by atoms with E-state index in [2.05, 4.69) is 18.7 Å². The zero-order valence-electron chi connectivity index (χ0n) is 9.39. The molecule has 0 unspecified atom stereocenters. The molecule has 0 bridgehead atoms. The summed E-state index contributed by atoms with van der Waals surface area (Å²) in [5.41, 5.74) is 0. The van der Waals surface area contributed by atoms with Crippen molar-refractivity contribution in [3.8, 4) is 0 Å². The van der Waals surface area contributed by atoms with Gasteiger partial charge in [-0.25, -0.2) is 4.73 Å². The minimum Gasteiger partial charge on any atom is -0.711 e. The Morgan fingerprint density at radius 3 is 2.87 bits per heavy atom. The van der Waals surface area contributed by atoms with E-state index in [0.717, 1.165) is 29.6 Å². The topological polar surface area (TPSA) is 30.2 Å². The normalized spacial score (nSPS) is 21.3. The summed E-state index contributed by atoms with van der Waals surface area (Å²) in [6, 6.07) is 5.59. The summed E-state index contributed by atoms with van der Waals surface area (Å²) in [4.78, 5) is 2.19. The first-order valence-electron chi connectivity index (χ1n) is 5.61. The molecule has 0 spiro atoms. The van der Waals surface area contributed by atoms with Gasteiger partial charge in [-0.2, -0.15) is 0 Å². The van der Waals surface area contributed by atoms with Crippen LogP contribution in [0.15, 0.2) is 24.4 Å². The summed E-state index contributed by atoms with van der Waals surface area (Å²) in [7, 11) is 0. The highest BCUT2D eigenvalue weighted by Crippen LogP contribution is 2.26. The van der Waals surface area contributed by atoms with Crippen molar-refractivity contribution in [2.24, 2.45) is 11.8 Å². The van der Waals surface area contributed by atoms with Crippen LogP contribution in [0.25, 0.3) is 0 Å². The van der Waals surface area contributed by atoms with Crippen LogP contribution in [-0.2, 0) is 0 Å². The van der Waals surface area contributed by atoms with Gasteiger partial charge >= 0.3 is 0 Å². The van der Waals surface area contributed by atoms with Crippen LogP contribution < -0.4 is 9.63 Å². The maximum absolute atomic E-state index is 11.6. The third kappa shape index (κ3) is 2.06. The van der Waals surface area contributed by atoms with E-state index >= 15 is 0 Å². The van der Waals surface area contributed by atoms with E-state index in [1.165, 1.54) is 6.42 Å². The van der Waals surface area contributed by atoms with Crippen molar-refractivity contribution in [1.82, 2.24) is 0 Å². The minimum atomic E-state index is 0.707. The maximum atomic E-state index is 11.6. The Hall–Kier alpha value is -1.25. The molecular formula is C12H18N2O. The molecule has 0 amide bonds. The maximum Gasteiger partial charge on any atom is 0.279 e. The predicted octanol–water partition coefficient (Wildman–Crippen LogP) is 1.80. The Morgan fingerprint density at radius 1 is 1.47 bits per heavy atom. The monoisotopic (exact) mass is 206 g/mol. The number of hydrogen-bond acceptors (Lipinski definition) is 2. The molecule has 1 aliphatic heterocycles. The molecule has 1 aromatic rings. The third-order valence-corrected chi connectivity index (χ3v) is 3.30. The van der Waals surface area contributed by atoms with E-state index in [0.29, 0.717) is 5.92 Å². The Labute approximate surface area is 90.9 Å². The highest BCUT2D eigenvalue weighted by atomic mass is 16.5. The fourth-order valence-corrected chi connectivity index (χ4v) is 2.20. The first-order valence-corrected chi connectivity index (χ1v) is 5.61. The van der Waals surface area contributed by atoms with Gasteiger partial charge in [0, 0.05) is 12.0 Å². The van der Waals surface area contributed by atoms with Crippen LogP contribution in [0.1, 0.15) is 20.3 Å². The lowest BCUT2D eigenvalue weighted by Gasteiger charge is -2.16. The van der Waals surface area contributed by atoms with Gasteiger partial charge in [0.25, 0.3) is 5.82 Å². The van der Waals surface area contributed by atoms with Gasteiger partial charge in [0.2, 0.25) is 0 Å². The van der Waals surface area contributed by atoms with E-state index in [9.17, 15) is 5.21 Å². The number of aromatic nitrogens is 1. The average Bonchev–Trinajstić information content (AvgIpc) is 2.67. The molecule has 15 heavy (non-hydrogen) atoms. The van der Waals surface area contributed by atoms with E-state index in [4.69, 9.17) is 0 Å². The smallest absolute Gasteiger partial charge is 0.279 e. The Bertz CT molecular complexity index is 338. The van der Waals surface area contributed by atoms with Crippen molar-refractivity contribution in [1.29, 1.82) is 0 Å². The quantitative estimate of drug-likeness (QED) is 0.545. The molecule has 0 radical (unpaired) electrons. The van der Waals surface area contributed by atoms with Crippen LogP contribution in [-0.4, -0.2) is 13.1 Å². The number of nitrogens with zero attached hydrogens (tertiary/aromatic N) is 2. The fourth-order valence-electron chi connectivity index (χ4n) is 2.20. The van der Waals surface area contributed by atoms with E-state index < -0.39 is 0 Å². The van der Waals surface area contributed by atoms with Crippen LogP contribution >= 0.6 is 0 Å². The molecule has 1 fully saturated rings. The second kappa shape index (κ2) is 4.09.